The monoisotopic (exact) mass is 796 g/mol. The first-order valence-electron chi connectivity index (χ1n) is 16.4. The molecule has 0 atom stereocenters. The maximum Gasteiger partial charge on any atom is 0.465 e. The average Bonchev–Trinajstić information content (AvgIpc) is 2.65. The highest BCUT2D eigenvalue weighted by Crippen LogP contribution is 2.32. The van der Waals surface area contributed by atoms with Crippen LogP contribution in [0.5, 0.6) is 0 Å². The molecule has 0 aliphatic carbocycles. The minimum atomic E-state index is -2.61. The second-order valence-corrected chi connectivity index (χ2v) is 54.0. The van der Waals surface area contributed by atoms with Crippen LogP contribution in [0.3, 0.4) is 0 Å². The van der Waals surface area contributed by atoms with Crippen LogP contribution in [0, 0.1) is 0 Å². The highest BCUT2D eigenvalue weighted by Gasteiger charge is 2.46. The zero-order chi connectivity index (χ0) is 34.3. The Labute approximate surface area is 282 Å². The van der Waals surface area contributed by atoms with Gasteiger partial charge in [-0.05, 0) is 142 Å². The van der Waals surface area contributed by atoms with Gasteiger partial charge in [-0.2, -0.15) is 0 Å². The van der Waals surface area contributed by atoms with Crippen molar-refractivity contribution in [2.45, 2.75) is 155 Å². The molecule has 0 aromatic carbocycles. The van der Waals surface area contributed by atoms with E-state index in [-0.39, 0.29) is 0 Å². The number of hydrogen-bond acceptors (Lipinski definition) is 8. The minimum absolute atomic E-state index is 1.05. The molecule has 0 rings (SSSR count). The van der Waals surface area contributed by atoms with Crippen molar-refractivity contribution in [3.05, 3.63) is 0 Å². The summed E-state index contributed by atoms with van der Waals surface area (Å²) >= 11 is 0. The zero-order valence-corrected chi connectivity index (χ0v) is 43.5. The first-order chi connectivity index (χ1) is 18.9. The van der Waals surface area contributed by atoms with Gasteiger partial charge < -0.3 is 32.9 Å². The predicted molar refractivity (Wildman–Crippen MR) is 214 cm³/mol. The Morgan fingerprint density at radius 3 is 0.698 bits per heavy atom. The molecule has 0 saturated carbocycles. The van der Waals surface area contributed by atoms with Gasteiger partial charge in [0.2, 0.25) is 0 Å². The van der Waals surface area contributed by atoms with Gasteiger partial charge in [0, 0.05) is 13.1 Å². The maximum absolute atomic E-state index is 6.99. The van der Waals surface area contributed by atoms with Crippen molar-refractivity contribution in [1.82, 2.24) is 0 Å². The van der Waals surface area contributed by atoms with Crippen LogP contribution in [0.1, 0.15) is 0 Å². The molecule has 0 bridgehead atoms. The summed E-state index contributed by atoms with van der Waals surface area (Å²) in [6.45, 7) is 45.0. The van der Waals surface area contributed by atoms with Crippen molar-refractivity contribution in [1.29, 1.82) is 0 Å². The first-order valence-corrected chi connectivity index (χ1v) is 47.3. The molecule has 0 amide bonds. The standard InChI is InChI=1S/C24H72O8Si11/c1-33(2)25-42(19,26-34(3)4)31-39(13,14)23-21-37(9,10)29-41(17,18)30-38(11,12)22-24-40(15,16)32-43(20,27-35(5)6)28-36(7)8/h33-36H,21-24H2,1-20H3. The van der Waals surface area contributed by atoms with Gasteiger partial charge in [-0.3, -0.25) is 0 Å². The quantitative estimate of drug-likeness (QED) is 0.103. The van der Waals surface area contributed by atoms with Crippen molar-refractivity contribution >= 4 is 95.6 Å². The van der Waals surface area contributed by atoms with Crippen molar-refractivity contribution in [2.24, 2.45) is 0 Å². The van der Waals surface area contributed by atoms with Crippen molar-refractivity contribution in [3.8, 4) is 0 Å². The van der Waals surface area contributed by atoms with Gasteiger partial charge in [0.05, 0.1) is 0 Å². The summed E-state index contributed by atoms with van der Waals surface area (Å²) in [5.41, 5.74) is 0. The molecule has 0 unspecified atom stereocenters. The molecule has 0 aromatic heterocycles. The Kier molecular flexibility index (Phi) is 18.5. The molecule has 19 heteroatoms. The van der Waals surface area contributed by atoms with Crippen LogP contribution in [0.4, 0.5) is 0 Å². The lowest BCUT2D eigenvalue weighted by Gasteiger charge is -2.42. The molecule has 0 fully saturated rings. The predicted octanol–water partition coefficient (Wildman–Crippen LogP) is 7.71. The molecule has 0 aromatic rings. The highest BCUT2D eigenvalue weighted by molar-refractivity contribution is 6.90. The summed E-state index contributed by atoms with van der Waals surface area (Å²) in [6, 6.07) is 4.22. The van der Waals surface area contributed by atoms with Crippen LogP contribution in [0.25, 0.3) is 0 Å². The van der Waals surface area contributed by atoms with Crippen LogP contribution < -0.4 is 0 Å². The Balaban J connectivity index is 5.32. The molecular weight excluding hydrogens is 725 g/mol. The van der Waals surface area contributed by atoms with Crippen LogP contribution in [0.15, 0.2) is 0 Å². The topological polar surface area (TPSA) is 73.8 Å². The van der Waals surface area contributed by atoms with Gasteiger partial charge in [-0.15, -0.1) is 0 Å². The highest BCUT2D eigenvalue weighted by atomic mass is 28.5. The second-order valence-electron chi connectivity index (χ2n) is 16.2. The molecule has 0 radical (unpaired) electrons. The summed E-state index contributed by atoms with van der Waals surface area (Å²) in [5.74, 6) is 0. The third kappa shape index (κ3) is 21.6. The summed E-state index contributed by atoms with van der Waals surface area (Å²) < 4.78 is 53.3. The molecule has 8 nitrogen and oxygen atoms in total. The van der Waals surface area contributed by atoms with Gasteiger partial charge in [0.15, 0.2) is 69.4 Å². The molecule has 0 heterocycles. The Morgan fingerprint density at radius 2 is 0.512 bits per heavy atom. The van der Waals surface area contributed by atoms with Crippen LogP contribution in [-0.2, 0) is 32.9 Å². The second kappa shape index (κ2) is 17.6. The van der Waals surface area contributed by atoms with Gasteiger partial charge in [0.25, 0.3) is 0 Å². The van der Waals surface area contributed by atoms with Gasteiger partial charge in [0.1, 0.15) is 0 Å². The Morgan fingerprint density at radius 1 is 0.326 bits per heavy atom. The van der Waals surface area contributed by atoms with E-state index in [9.17, 15) is 0 Å². The molecule has 0 spiro atoms. The van der Waals surface area contributed by atoms with Crippen molar-refractivity contribution in [2.75, 3.05) is 0 Å². The Bertz CT molecular complexity index is 743. The third-order valence-corrected chi connectivity index (χ3v) is 43.4. The largest absolute Gasteiger partial charge is 0.465 e. The van der Waals surface area contributed by atoms with E-state index in [4.69, 9.17) is 32.9 Å². The molecule has 43 heavy (non-hydrogen) atoms. The average molecular weight is 798 g/mol. The molecule has 0 aliphatic rings. The minimum Gasteiger partial charge on any atom is -0.437 e. The normalized spacial score (nSPS) is 15.1. The SMILES string of the molecule is C[SiH](C)O[Si](C)(O[SiH](C)C)O[Si](C)(C)CC[Si](C)(C)O[Si](C)(C)O[Si](C)(C)CC[Si](C)(C)O[Si](C)(O[SiH](C)C)O[SiH](C)C. The van der Waals surface area contributed by atoms with E-state index in [2.05, 4.69) is 131 Å². The first kappa shape index (κ1) is 45.1. The fraction of sp³-hybridized carbons (Fsp3) is 1.00. The summed E-state index contributed by atoms with van der Waals surface area (Å²) in [5, 5.41) is 0. The fourth-order valence-electron chi connectivity index (χ4n) is 5.63. The van der Waals surface area contributed by atoms with Crippen molar-refractivity contribution in [3.63, 3.8) is 0 Å². The summed E-state index contributed by atoms with van der Waals surface area (Å²) in [4.78, 5) is 0. The van der Waals surface area contributed by atoms with E-state index in [1.165, 1.54) is 0 Å². The van der Waals surface area contributed by atoms with E-state index < -0.39 is 95.6 Å². The third-order valence-electron chi connectivity index (χ3n) is 6.42. The van der Waals surface area contributed by atoms with Crippen LogP contribution >= 0.6 is 0 Å². The fourth-order valence-corrected chi connectivity index (χ4v) is 53.8. The molecule has 0 aliphatic heterocycles. The number of rotatable bonds is 22. The molecular formula is C24H72O8Si11. The smallest absolute Gasteiger partial charge is 0.437 e. The lowest BCUT2D eigenvalue weighted by molar-refractivity contribution is 0.270. The lowest BCUT2D eigenvalue weighted by Crippen LogP contribution is -2.56. The molecule has 260 valence electrons. The van der Waals surface area contributed by atoms with Crippen LogP contribution in [-0.4, -0.2) is 95.6 Å². The lowest BCUT2D eigenvalue weighted by atomic mass is 10.9. The number of hydrogen-bond donors (Lipinski definition) is 0. The van der Waals surface area contributed by atoms with E-state index in [0.717, 1.165) is 24.2 Å². The van der Waals surface area contributed by atoms with E-state index in [0.29, 0.717) is 0 Å². The maximum atomic E-state index is 6.99. The van der Waals surface area contributed by atoms with Crippen molar-refractivity contribution < 1.29 is 32.9 Å². The molecule has 0 saturated heterocycles. The van der Waals surface area contributed by atoms with E-state index in [1.807, 2.05) is 0 Å². The summed E-state index contributed by atoms with van der Waals surface area (Å²) in [7, 11) is -20.6. The molecule has 0 N–H and O–H groups in total. The van der Waals surface area contributed by atoms with E-state index >= 15 is 0 Å². The van der Waals surface area contributed by atoms with Crippen LogP contribution in [0.2, 0.25) is 155 Å². The zero-order valence-electron chi connectivity index (χ0n) is 31.9. The van der Waals surface area contributed by atoms with E-state index in [1.54, 1.807) is 0 Å². The summed E-state index contributed by atoms with van der Waals surface area (Å²) in [6.07, 6.45) is 0. The van der Waals surface area contributed by atoms with Gasteiger partial charge >= 0.3 is 26.2 Å². The van der Waals surface area contributed by atoms with Gasteiger partial charge in [-0.1, -0.05) is 0 Å². The van der Waals surface area contributed by atoms with Gasteiger partial charge in [-0.25, -0.2) is 0 Å². The Hall–Kier alpha value is 2.07.